The molecule has 3 nitrogen and oxygen atoms in total. The van der Waals surface area contributed by atoms with Crippen molar-refractivity contribution in [2.45, 2.75) is 19.4 Å². The van der Waals surface area contributed by atoms with Crippen molar-refractivity contribution in [2.75, 3.05) is 14.1 Å². The van der Waals surface area contributed by atoms with Crippen LogP contribution in [0.3, 0.4) is 0 Å². The Morgan fingerprint density at radius 2 is 1.82 bits per heavy atom. The average molecular weight is 275 g/mol. The molecule has 0 aliphatic carbocycles. The molecule has 17 heavy (non-hydrogen) atoms. The van der Waals surface area contributed by atoms with Gasteiger partial charge in [-0.05, 0) is 31.5 Å². The molecule has 0 fully saturated rings. The van der Waals surface area contributed by atoms with Gasteiger partial charge in [-0.25, -0.2) is 4.79 Å². The molecule has 5 heteroatoms. The maximum absolute atomic E-state index is 11.6. The Hall–Kier alpha value is -0.930. The van der Waals surface area contributed by atoms with E-state index in [9.17, 15) is 4.79 Å². The van der Waals surface area contributed by atoms with Gasteiger partial charge in [-0.15, -0.1) is 0 Å². The number of rotatable bonds is 2. The fraction of sp³-hybridized carbons (Fsp3) is 0.417. The zero-order valence-electron chi connectivity index (χ0n) is 10.3. The van der Waals surface area contributed by atoms with Gasteiger partial charge in [0.2, 0.25) is 0 Å². The standard InChI is InChI=1S/C12H16Cl2N2O/c1-12(2,15-11(17)16(3)4)8-5-6-9(13)10(14)7-8/h5-7H,1-4H3,(H,15,17). The summed E-state index contributed by atoms with van der Waals surface area (Å²) in [5, 5.41) is 3.89. The molecule has 0 spiro atoms. The number of halogens is 2. The molecule has 1 rings (SSSR count). The van der Waals surface area contributed by atoms with E-state index < -0.39 is 5.54 Å². The number of nitrogens with one attached hydrogen (secondary N) is 1. The monoisotopic (exact) mass is 274 g/mol. The highest BCUT2D eigenvalue weighted by Crippen LogP contribution is 2.28. The van der Waals surface area contributed by atoms with E-state index in [0.717, 1.165) is 5.56 Å². The second kappa shape index (κ2) is 5.15. The summed E-state index contributed by atoms with van der Waals surface area (Å²) in [6.45, 7) is 3.82. The van der Waals surface area contributed by atoms with Crippen LogP contribution in [0.5, 0.6) is 0 Å². The van der Waals surface area contributed by atoms with Crippen LogP contribution in [0.4, 0.5) is 4.79 Å². The number of urea groups is 1. The molecule has 0 aliphatic rings. The zero-order valence-corrected chi connectivity index (χ0v) is 11.9. The Morgan fingerprint density at radius 1 is 1.24 bits per heavy atom. The SMILES string of the molecule is CN(C)C(=O)NC(C)(C)c1ccc(Cl)c(Cl)c1. The van der Waals surface area contributed by atoms with Crippen molar-refractivity contribution in [3.05, 3.63) is 33.8 Å². The van der Waals surface area contributed by atoms with Crippen LogP contribution in [0.15, 0.2) is 18.2 Å². The predicted octanol–water partition coefficient (Wildman–Crippen LogP) is 3.50. The molecule has 0 unspecified atom stereocenters. The first-order chi connectivity index (χ1) is 7.74. The first-order valence-corrected chi connectivity index (χ1v) is 5.94. The van der Waals surface area contributed by atoms with Crippen molar-refractivity contribution in [3.63, 3.8) is 0 Å². The molecule has 0 saturated carbocycles. The van der Waals surface area contributed by atoms with Crippen molar-refractivity contribution < 1.29 is 4.79 Å². The Balaban J connectivity index is 2.96. The van der Waals surface area contributed by atoms with Gasteiger partial charge < -0.3 is 10.2 Å². The van der Waals surface area contributed by atoms with Crippen LogP contribution in [0.2, 0.25) is 10.0 Å². The van der Waals surface area contributed by atoms with Crippen molar-refractivity contribution >= 4 is 29.2 Å². The molecule has 0 heterocycles. The lowest BCUT2D eigenvalue weighted by Gasteiger charge is -2.29. The molecule has 0 atom stereocenters. The van der Waals surface area contributed by atoms with Gasteiger partial charge >= 0.3 is 6.03 Å². The molecule has 2 amide bonds. The number of hydrogen-bond acceptors (Lipinski definition) is 1. The van der Waals surface area contributed by atoms with E-state index in [4.69, 9.17) is 23.2 Å². The molecule has 0 aliphatic heterocycles. The fourth-order valence-electron chi connectivity index (χ4n) is 1.34. The van der Waals surface area contributed by atoms with E-state index in [-0.39, 0.29) is 6.03 Å². The van der Waals surface area contributed by atoms with E-state index in [2.05, 4.69) is 5.32 Å². The van der Waals surface area contributed by atoms with Crippen LogP contribution in [-0.2, 0) is 5.54 Å². The van der Waals surface area contributed by atoms with Crippen LogP contribution >= 0.6 is 23.2 Å². The van der Waals surface area contributed by atoms with Crippen molar-refractivity contribution in [1.82, 2.24) is 10.2 Å². The lowest BCUT2D eigenvalue weighted by Crippen LogP contribution is -2.45. The summed E-state index contributed by atoms with van der Waals surface area (Å²) in [6, 6.07) is 5.19. The van der Waals surface area contributed by atoms with E-state index in [1.807, 2.05) is 19.9 Å². The van der Waals surface area contributed by atoms with Crippen LogP contribution in [-0.4, -0.2) is 25.0 Å². The molecular formula is C12H16Cl2N2O. The minimum Gasteiger partial charge on any atom is -0.331 e. The van der Waals surface area contributed by atoms with Crippen LogP contribution in [0, 0.1) is 0 Å². The van der Waals surface area contributed by atoms with Crippen molar-refractivity contribution in [3.8, 4) is 0 Å². The fourth-order valence-corrected chi connectivity index (χ4v) is 1.63. The average Bonchev–Trinajstić information content (AvgIpc) is 2.21. The summed E-state index contributed by atoms with van der Waals surface area (Å²) in [6.07, 6.45) is 0. The number of amides is 2. The van der Waals surface area contributed by atoms with Gasteiger partial charge in [0, 0.05) is 14.1 Å². The summed E-state index contributed by atoms with van der Waals surface area (Å²) >= 11 is 11.8. The molecule has 0 radical (unpaired) electrons. The molecule has 94 valence electrons. The Bertz CT molecular complexity index is 431. The minimum atomic E-state index is -0.504. The molecular weight excluding hydrogens is 259 g/mol. The maximum atomic E-state index is 11.6. The summed E-state index contributed by atoms with van der Waals surface area (Å²) < 4.78 is 0. The van der Waals surface area contributed by atoms with Crippen molar-refractivity contribution in [1.29, 1.82) is 0 Å². The lowest BCUT2D eigenvalue weighted by atomic mass is 9.94. The Morgan fingerprint density at radius 3 is 2.29 bits per heavy atom. The van der Waals surface area contributed by atoms with E-state index in [0.29, 0.717) is 10.0 Å². The normalized spacial score (nSPS) is 11.2. The first-order valence-electron chi connectivity index (χ1n) is 5.19. The third-order valence-corrected chi connectivity index (χ3v) is 3.21. The van der Waals surface area contributed by atoms with Crippen LogP contribution in [0.25, 0.3) is 0 Å². The van der Waals surface area contributed by atoms with Gasteiger partial charge in [-0.1, -0.05) is 29.3 Å². The Kier molecular flexibility index (Phi) is 4.28. The number of hydrogen-bond donors (Lipinski definition) is 1. The predicted molar refractivity (Wildman–Crippen MR) is 71.7 cm³/mol. The molecule has 0 saturated heterocycles. The molecule has 1 aromatic rings. The molecule has 1 N–H and O–H groups in total. The molecule has 0 bridgehead atoms. The van der Waals surface area contributed by atoms with Crippen molar-refractivity contribution in [2.24, 2.45) is 0 Å². The summed E-state index contributed by atoms with van der Waals surface area (Å²) in [5.74, 6) is 0. The van der Waals surface area contributed by atoms with Gasteiger partial charge in [0.05, 0.1) is 15.6 Å². The molecule has 0 aromatic heterocycles. The van der Waals surface area contributed by atoms with Crippen LogP contribution in [0.1, 0.15) is 19.4 Å². The maximum Gasteiger partial charge on any atom is 0.317 e. The van der Waals surface area contributed by atoms with E-state index >= 15 is 0 Å². The number of carbonyl (C=O) groups is 1. The second-order valence-electron chi connectivity index (χ2n) is 4.58. The number of benzene rings is 1. The lowest BCUT2D eigenvalue weighted by molar-refractivity contribution is 0.206. The topological polar surface area (TPSA) is 32.3 Å². The molecule has 1 aromatic carbocycles. The van der Waals surface area contributed by atoms with Gasteiger partial charge in [0.15, 0.2) is 0 Å². The highest BCUT2D eigenvalue weighted by molar-refractivity contribution is 6.42. The van der Waals surface area contributed by atoms with Gasteiger partial charge in [-0.2, -0.15) is 0 Å². The largest absolute Gasteiger partial charge is 0.331 e. The highest BCUT2D eigenvalue weighted by Gasteiger charge is 2.24. The van der Waals surface area contributed by atoms with E-state index in [1.54, 1.807) is 26.2 Å². The number of nitrogens with zero attached hydrogens (tertiary/aromatic N) is 1. The van der Waals surface area contributed by atoms with Gasteiger partial charge in [0.1, 0.15) is 0 Å². The summed E-state index contributed by atoms with van der Waals surface area (Å²) in [5.41, 5.74) is 0.400. The van der Waals surface area contributed by atoms with E-state index in [1.165, 1.54) is 4.90 Å². The quantitative estimate of drug-likeness (QED) is 0.880. The highest BCUT2D eigenvalue weighted by atomic mass is 35.5. The third kappa shape index (κ3) is 3.51. The van der Waals surface area contributed by atoms with Gasteiger partial charge in [-0.3, -0.25) is 0 Å². The Labute approximate surface area is 112 Å². The second-order valence-corrected chi connectivity index (χ2v) is 5.39. The van der Waals surface area contributed by atoms with Gasteiger partial charge in [0.25, 0.3) is 0 Å². The first kappa shape index (κ1) is 14.1. The smallest absolute Gasteiger partial charge is 0.317 e. The number of carbonyl (C=O) groups excluding carboxylic acids is 1. The van der Waals surface area contributed by atoms with Crippen LogP contribution < -0.4 is 5.32 Å². The summed E-state index contributed by atoms with van der Waals surface area (Å²) in [7, 11) is 3.39. The summed E-state index contributed by atoms with van der Waals surface area (Å²) in [4.78, 5) is 13.1. The third-order valence-electron chi connectivity index (χ3n) is 2.47. The minimum absolute atomic E-state index is 0.152. The zero-order chi connectivity index (χ0) is 13.2.